The van der Waals surface area contributed by atoms with Gasteiger partial charge in [0, 0.05) is 20.0 Å². The Hall–Kier alpha value is -2.59. The van der Waals surface area contributed by atoms with Crippen LogP contribution in [0.3, 0.4) is 0 Å². The lowest BCUT2D eigenvalue weighted by Gasteiger charge is -2.15. The second-order valence-electron chi connectivity index (χ2n) is 6.01. The molecule has 0 unspecified atom stereocenters. The van der Waals surface area contributed by atoms with E-state index in [1.54, 1.807) is 30.3 Å². The molecule has 0 spiro atoms. The highest BCUT2D eigenvalue weighted by molar-refractivity contribution is 7.85. The molecule has 2 aromatic carbocycles. The van der Waals surface area contributed by atoms with E-state index in [4.69, 9.17) is 4.55 Å². The fourth-order valence-electron chi connectivity index (χ4n) is 2.37. The second-order valence-corrected chi connectivity index (χ2v) is 7.43. The average molecular weight is 415 g/mol. The first-order valence-corrected chi connectivity index (χ1v) is 9.69. The molecule has 0 aromatic heterocycles. The Balaban J connectivity index is 0.000000221. The summed E-state index contributed by atoms with van der Waals surface area (Å²) in [6, 6.07) is 11.2. The van der Waals surface area contributed by atoms with E-state index in [2.05, 4.69) is 10.4 Å². The molecule has 1 aliphatic rings. The molecule has 0 fully saturated rings. The van der Waals surface area contributed by atoms with Crippen molar-refractivity contribution in [3.05, 3.63) is 59.7 Å². The number of hydrogen-bond acceptors (Lipinski definition) is 5. The van der Waals surface area contributed by atoms with Crippen LogP contribution in [0.25, 0.3) is 0 Å². The standard InChI is InChI=1S/C11H12F3N3.C7H8O3S/c1-15-10-5-6-17(16-10)9-4-2-3-8(7-9)11(12,13)14;1-6-2-4-7(5-3-6)11(8,9)10/h2-4,7H,5-6H2,1H3,(H,15,16);2-5H,1H3,(H,8,9,10). The number of aryl methyl sites for hydroxylation is 1. The number of halogens is 3. The summed E-state index contributed by atoms with van der Waals surface area (Å²) in [5.41, 5.74) is 0.769. The fraction of sp³-hybridized carbons (Fsp3) is 0.278. The molecule has 0 radical (unpaired) electrons. The molecular weight excluding hydrogens is 395 g/mol. The highest BCUT2D eigenvalue weighted by atomic mass is 32.2. The van der Waals surface area contributed by atoms with Crippen molar-refractivity contribution in [1.82, 2.24) is 5.32 Å². The van der Waals surface area contributed by atoms with Gasteiger partial charge in [-0.3, -0.25) is 9.56 Å². The number of amidine groups is 1. The molecule has 0 saturated carbocycles. The first-order chi connectivity index (χ1) is 13.0. The SMILES string of the molecule is CNC1=NN(c2cccc(C(F)(F)F)c2)CC1.Cc1ccc(S(=O)(=O)O)cc1. The van der Waals surface area contributed by atoms with Crippen molar-refractivity contribution < 1.29 is 26.1 Å². The Kier molecular flexibility index (Phi) is 6.68. The molecule has 0 bridgehead atoms. The van der Waals surface area contributed by atoms with Crippen LogP contribution >= 0.6 is 0 Å². The minimum Gasteiger partial charge on any atom is -0.375 e. The van der Waals surface area contributed by atoms with E-state index in [-0.39, 0.29) is 4.90 Å². The maximum Gasteiger partial charge on any atom is 0.416 e. The van der Waals surface area contributed by atoms with Crippen molar-refractivity contribution in [2.75, 3.05) is 18.6 Å². The number of hydrazone groups is 1. The molecule has 2 N–H and O–H groups in total. The third kappa shape index (κ3) is 5.96. The minimum atomic E-state index is -4.31. The van der Waals surface area contributed by atoms with Crippen LogP contribution in [0.15, 0.2) is 58.5 Å². The number of nitrogens with one attached hydrogen (secondary N) is 1. The van der Waals surface area contributed by atoms with Crippen LogP contribution in [-0.2, 0) is 16.3 Å². The van der Waals surface area contributed by atoms with Crippen molar-refractivity contribution >= 4 is 21.6 Å². The van der Waals surface area contributed by atoms with Gasteiger partial charge in [-0.15, -0.1) is 0 Å². The number of anilines is 1. The van der Waals surface area contributed by atoms with Gasteiger partial charge in [0.1, 0.15) is 5.84 Å². The summed E-state index contributed by atoms with van der Waals surface area (Å²) in [5.74, 6) is 0.780. The third-order valence-corrected chi connectivity index (χ3v) is 4.75. The van der Waals surface area contributed by atoms with Gasteiger partial charge in [-0.1, -0.05) is 23.8 Å². The Labute approximate surface area is 161 Å². The summed E-state index contributed by atoms with van der Waals surface area (Å²) < 4.78 is 67.1. The Morgan fingerprint density at radius 3 is 2.29 bits per heavy atom. The fourth-order valence-corrected chi connectivity index (χ4v) is 2.85. The van der Waals surface area contributed by atoms with Crippen molar-refractivity contribution in [3.8, 4) is 0 Å². The average Bonchev–Trinajstić information content (AvgIpc) is 3.10. The zero-order valence-corrected chi connectivity index (χ0v) is 16.0. The van der Waals surface area contributed by atoms with Gasteiger partial charge < -0.3 is 5.32 Å². The maximum atomic E-state index is 12.5. The highest BCUT2D eigenvalue weighted by Gasteiger charge is 2.31. The first-order valence-electron chi connectivity index (χ1n) is 8.25. The van der Waals surface area contributed by atoms with E-state index in [9.17, 15) is 21.6 Å². The number of nitrogens with zero attached hydrogens (tertiary/aromatic N) is 2. The van der Waals surface area contributed by atoms with Crippen LogP contribution in [0.5, 0.6) is 0 Å². The van der Waals surface area contributed by atoms with E-state index in [1.165, 1.54) is 18.2 Å². The zero-order valence-electron chi connectivity index (χ0n) is 15.2. The van der Waals surface area contributed by atoms with Gasteiger partial charge in [-0.05, 0) is 37.3 Å². The molecule has 2 aromatic rings. The van der Waals surface area contributed by atoms with Crippen LogP contribution in [0.1, 0.15) is 17.5 Å². The van der Waals surface area contributed by atoms with E-state index in [1.807, 2.05) is 6.92 Å². The van der Waals surface area contributed by atoms with E-state index >= 15 is 0 Å². The Morgan fingerprint density at radius 1 is 1.14 bits per heavy atom. The summed E-state index contributed by atoms with van der Waals surface area (Å²) in [5, 5.41) is 8.64. The first kappa shape index (κ1) is 21.7. The molecule has 6 nitrogen and oxygen atoms in total. The normalized spacial score (nSPS) is 14.2. The van der Waals surface area contributed by atoms with Crippen LogP contribution in [-0.4, -0.2) is 32.4 Å². The number of hydrogen-bond donors (Lipinski definition) is 2. The molecule has 0 aliphatic carbocycles. The number of alkyl halides is 3. The molecule has 28 heavy (non-hydrogen) atoms. The van der Waals surface area contributed by atoms with Gasteiger partial charge in [0.15, 0.2) is 0 Å². The summed E-state index contributed by atoms with van der Waals surface area (Å²) >= 11 is 0. The minimum absolute atomic E-state index is 0.0666. The molecule has 0 saturated heterocycles. The quantitative estimate of drug-likeness (QED) is 0.731. The largest absolute Gasteiger partial charge is 0.416 e. The Bertz CT molecular complexity index is 943. The predicted molar refractivity (Wildman–Crippen MR) is 101 cm³/mol. The van der Waals surface area contributed by atoms with Crippen molar-refractivity contribution in [2.24, 2.45) is 5.10 Å². The second kappa shape index (κ2) is 8.61. The van der Waals surface area contributed by atoms with Crippen LogP contribution in [0, 0.1) is 6.92 Å². The van der Waals surface area contributed by atoms with Gasteiger partial charge >= 0.3 is 6.18 Å². The van der Waals surface area contributed by atoms with E-state index in [0.717, 1.165) is 23.5 Å². The van der Waals surface area contributed by atoms with Crippen LogP contribution < -0.4 is 10.3 Å². The van der Waals surface area contributed by atoms with Crippen molar-refractivity contribution in [1.29, 1.82) is 0 Å². The van der Waals surface area contributed by atoms with Gasteiger partial charge in [0.2, 0.25) is 0 Å². The van der Waals surface area contributed by atoms with Gasteiger partial charge in [-0.25, -0.2) is 0 Å². The number of benzene rings is 2. The predicted octanol–water partition coefficient (Wildman–Crippen LogP) is 3.69. The van der Waals surface area contributed by atoms with Crippen LogP contribution in [0.2, 0.25) is 0 Å². The van der Waals surface area contributed by atoms with Gasteiger partial charge in [0.05, 0.1) is 16.1 Å². The molecular formula is C18H20F3N3O3S. The summed E-state index contributed by atoms with van der Waals surface area (Å²) in [6.45, 7) is 2.44. The lowest BCUT2D eigenvalue weighted by Crippen LogP contribution is -2.15. The maximum absolute atomic E-state index is 12.5. The summed E-state index contributed by atoms with van der Waals surface area (Å²) in [4.78, 5) is -0.0666. The molecule has 1 heterocycles. The summed E-state index contributed by atoms with van der Waals surface area (Å²) in [6.07, 6.45) is -3.60. The third-order valence-electron chi connectivity index (χ3n) is 3.88. The highest BCUT2D eigenvalue weighted by Crippen LogP contribution is 2.32. The molecule has 10 heteroatoms. The topological polar surface area (TPSA) is 82.0 Å². The van der Waals surface area contributed by atoms with Crippen LogP contribution in [0.4, 0.5) is 18.9 Å². The number of rotatable bonds is 2. The van der Waals surface area contributed by atoms with Gasteiger partial charge in [0.25, 0.3) is 10.1 Å². The van der Waals surface area contributed by atoms with Gasteiger partial charge in [-0.2, -0.15) is 26.7 Å². The van der Waals surface area contributed by atoms with E-state index in [0.29, 0.717) is 18.7 Å². The molecule has 0 atom stereocenters. The Morgan fingerprint density at radius 2 is 1.79 bits per heavy atom. The lowest BCUT2D eigenvalue weighted by molar-refractivity contribution is -0.137. The van der Waals surface area contributed by atoms with E-state index < -0.39 is 21.9 Å². The van der Waals surface area contributed by atoms with Crippen molar-refractivity contribution in [2.45, 2.75) is 24.4 Å². The molecule has 152 valence electrons. The monoisotopic (exact) mass is 415 g/mol. The van der Waals surface area contributed by atoms with Crippen molar-refractivity contribution in [3.63, 3.8) is 0 Å². The smallest absolute Gasteiger partial charge is 0.375 e. The molecule has 1 aliphatic heterocycles. The zero-order chi connectivity index (χ0) is 20.9. The lowest BCUT2D eigenvalue weighted by atomic mass is 10.2. The summed E-state index contributed by atoms with van der Waals surface area (Å²) in [7, 11) is -2.28. The molecule has 3 rings (SSSR count). The molecule has 0 amide bonds.